The molecule has 0 radical (unpaired) electrons. The van der Waals surface area contributed by atoms with Crippen molar-refractivity contribution in [1.82, 2.24) is 19.9 Å². The van der Waals surface area contributed by atoms with E-state index in [2.05, 4.69) is 30.2 Å². The molecule has 8 heteroatoms. The average Bonchev–Trinajstić information content (AvgIpc) is 3.49. The Morgan fingerprint density at radius 2 is 1.94 bits per heavy atom. The minimum Gasteiger partial charge on any atom is -0.490 e. The molecule has 2 heterocycles. The molecule has 1 aliphatic rings. The zero-order chi connectivity index (χ0) is 25.4. The van der Waals surface area contributed by atoms with Crippen molar-refractivity contribution in [3.05, 3.63) is 47.2 Å². The van der Waals surface area contributed by atoms with Crippen LogP contribution in [-0.4, -0.2) is 38.4 Å². The predicted molar refractivity (Wildman–Crippen MR) is 138 cm³/mol. The van der Waals surface area contributed by atoms with Gasteiger partial charge in [0.1, 0.15) is 18.0 Å². The number of rotatable bonds is 8. The molecule has 1 N–H and O–H groups in total. The van der Waals surface area contributed by atoms with Crippen molar-refractivity contribution in [3.63, 3.8) is 0 Å². The number of amides is 1. The molecule has 7 nitrogen and oxygen atoms in total. The summed E-state index contributed by atoms with van der Waals surface area (Å²) >= 11 is 6.64. The van der Waals surface area contributed by atoms with Gasteiger partial charge in [0, 0.05) is 23.7 Å². The van der Waals surface area contributed by atoms with Crippen LogP contribution >= 0.6 is 11.6 Å². The van der Waals surface area contributed by atoms with Gasteiger partial charge in [-0.25, -0.2) is 14.3 Å². The first-order valence-electron chi connectivity index (χ1n) is 12.2. The molecule has 1 aliphatic carbocycles. The third-order valence-corrected chi connectivity index (χ3v) is 6.10. The number of halogens is 1. The Morgan fingerprint density at radius 1 is 1.20 bits per heavy atom. The SMILES string of the molecule is CC(C)CC(C)(COc1ccc(-c2ccnc3cc(C4CC4)nn23)cc1Cl)NC(=O)OC(C)(C)C. The summed E-state index contributed by atoms with van der Waals surface area (Å²) in [7, 11) is 0. The quantitative estimate of drug-likeness (QED) is 0.377. The number of carbonyl (C=O) groups is 1. The summed E-state index contributed by atoms with van der Waals surface area (Å²) in [5, 5.41) is 8.27. The summed E-state index contributed by atoms with van der Waals surface area (Å²) in [6.07, 6.45) is 4.43. The topological polar surface area (TPSA) is 77.8 Å². The first-order chi connectivity index (χ1) is 16.4. The number of fused-ring (bicyclic) bond motifs is 1. The zero-order valence-corrected chi connectivity index (χ0v) is 22.1. The molecule has 0 aliphatic heterocycles. The largest absolute Gasteiger partial charge is 0.490 e. The van der Waals surface area contributed by atoms with Gasteiger partial charge in [0.15, 0.2) is 5.65 Å². The second kappa shape index (κ2) is 9.69. The number of alkyl carbamates (subject to hydrolysis) is 1. The smallest absolute Gasteiger partial charge is 0.408 e. The zero-order valence-electron chi connectivity index (χ0n) is 21.4. The number of hydrogen-bond donors (Lipinski definition) is 1. The van der Waals surface area contributed by atoms with Crippen LogP contribution in [0.3, 0.4) is 0 Å². The fourth-order valence-corrected chi connectivity index (χ4v) is 4.56. The molecular weight excluding hydrogens is 464 g/mol. The van der Waals surface area contributed by atoms with E-state index in [4.69, 9.17) is 26.2 Å². The number of hydrogen-bond acceptors (Lipinski definition) is 5. The first-order valence-corrected chi connectivity index (χ1v) is 12.6. The second-order valence-electron chi connectivity index (χ2n) is 11.2. The third kappa shape index (κ3) is 6.45. The molecule has 188 valence electrons. The van der Waals surface area contributed by atoms with Crippen LogP contribution in [-0.2, 0) is 4.74 Å². The van der Waals surface area contributed by atoms with Crippen molar-refractivity contribution in [2.75, 3.05) is 6.61 Å². The van der Waals surface area contributed by atoms with E-state index in [1.807, 2.05) is 56.5 Å². The Kier molecular flexibility index (Phi) is 7.00. The molecule has 4 rings (SSSR count). The monoisotopic (exact) mass is 498 g/mol. The fourth-order valence-electron chi connectivity index (χ4n) is 4.32. The highest BCUT2D eigenvalue weighted by molar-refractivity contribution is 6.32. The Labute approximate surface area is 212 Å². The molecule has 1 fully saturated rings. The Bertz CT molecular complexity index is 1210. The van der Waals surface area contributed by atoms with Crippen LogP contribution < -0.4 is 10.1 Å². The molecule has 0 bridgehead atoms. The molecule has 0 spiro atoms. The van der Waals surface area contributed by atoms with Crippen LogP contribution in [0.2, 0.25) is 5.02 Å². The van der Waals surface area contributed by atoms with E-state index < -0.39 is 17.2 Å². The number of nitrogens with zero attached hydrogens (tertiary/aromatic N) is 3. The van der Waals surface area contributed by atoms with Gasteiger partial charge >= 0.3 is 6.09 Å². The summed E-state index contributed by atoms with van der Waals surface area (Å²) in [5.74, 6) is 1.46. The van der Waals surface area contributed by atoms with Crippen molar-refractivity contribution in [2.45, 2.75) is 77.9 Å². The summed E-state index contributed by atoms with van der Waals surface area (Å²) in [6.45, 7) is 12.0. The van der Waals surface area contributed by atoms with E-state index in [9.17, 15) is 4.79 Å². The van der Waals surface area contributed by atoms with E-state index in [-0.39, 0.29) is 6.61 Å². The normalized spacial score (nSPS) is 15.8. The van der Waals surface area contributed by atoms with Gasteiger partial charge in [0.25, 0.3) is 0 Å². The minimum absolute atomic E-state index is 0.257. The minimum atomic E-state index is -0.621. The van der Waals surface area contributed by atoms with Crippen LogP contribution in [0.4, 0.5) is 4.79 Å². The standard InChI is InChI=1S/C27H35ClN4O3/c1-17(2)15-27(6,30-25(33)35-26(3,4)5)16-34-23-10-9-19(13-20(23)28)22-11-12-29-24-14-21(18-7-8-18)31-32(22)24/h9-14,17-18H,7-8,15-16H2,1-6H3,(H,30,33). The highest BCUT2D eigenvalue weighted by atomic mass is 35.5. The average molecular weight is 499 g/mol. The summed E-state index contributed by atoms with van der Waals surface area (Å²) in [5.41, 5.74) is 2.58. The summed E-state index contributed by atoms with van der Waals surface area (Å²) in [4.78, 5) is 16.9. The van der Waals surface area contributed by atoms with Crippen molar-refractivity contribution >= 4 is 23.3 Å². The second-order valence-corrected chi connectivity index (χ2v) is 11.6. The van der Waals surface area contributed by atoms with E-state index >= 15 is 0 Å². The lowest BCUT2D eigenvalue weighted by molar-refractivity contribution is 0.0408. The highest BCUT2D eigenvalue weighted by Gasteiger charge is 2.31. The number of carbonyl (C=O) groups excluding carboxylic acids is 1. The van der Waals surface area contributed by atoms with Gasteiger partial charge in [-0.05, 0) is 77.1 Å². The number of aromatic nitrogens is 3. The molecule has 35 heavy (non-hydrogen) atoms. The van der Waals surface area contributed by atoms with E-state index in [1.54, 1.807) is 6.20 Å². The molecule has 1 amide bonds. The summed E-state index contributed by atoms with van der Waals surface area (Å²) < 4.78 is 13.5. The molecule has 3 aromatic rings. The molecule has 1 saturated carbocycles. The first kappa shape index (κ1) is 25.3. The van der Waals surface area contributed by atoms with Gasteiger partial charge in [0.05, 0.1) is 21.9 Å². The lowest BCUT2D eigenvalue weighted by Crippen LogP contribution is -2.52. The van der Waals surface area contributed by atoms with Crippen molar-refractivity contribution < 1.29 is 14.3 Å². The van der Waals surface area contributed by atoms with Crippen LogP contribution in [0.15, 0.2) is 36.5 Å². The maximum atomic E-state index is 12.5. The van der Waals surface area contributed by atoms with Gasteiger partial charge in [-0.2, -0.15) is 5.10 Å². The number of benzene rings is 1. The van der Waals surface area contributed by atoms with E-state index in [0.717, 1.165) is 29.0 Å². The third-order valence-electron chi connectivity index (χ3n) is 5.81. The van der Waals surface area contributed by atoms with Gasteiger partial charge in [-0.1, -0.05) is 25.4 Å². The highest BCUT2D eigenvalue weighted by Crippen LogP contribution is 2.40. The lowest BCUT2D eigenvalue weighted by atomic mass is 9.91. The van der Waals surface area contributed by atoms with Crippen LogP contribution in [0.25, 0.3) is 16.9 Å². The molecule has 0 saturated heterocycles. The molecule has 1 atom stereocenters. The van der Waals surface area contributed by atoms with Crippen LogP contribution in [0, 0.1) is 5.92 Å². The van der Waals surface area contributed by atoms with Crippen molar-refractivity contribution in [3.8, 4) is 17.0 Å². The van der Waals surface area contributed by atoms with Crippen LogP contribution in [0.1, 0.15) is 72.4 Å². The van der Waals surface area contributed by atoms with E-state index in [1.165, 1.54) is 12.8 Å². The van der Waals surface area contributed by atoms with Crippen molar-refractivity contribution in [1.29, 1.82) is 0 Å². The Hall–Kier alpha value is -2.80. The predicted octanol–water partition coefficient (Wildman–Crippen LogP) is 6.64. The molecule has 1 aromatic carbocycles. The lowest BCUT2D eigenvalue weighted by Gasteiger charge is -2.33. The number of ether oxygens (including phenoxy) is 2. The van der Waals surface area contributed by atoms with Crippen molar-refractivity contribution in [2.24, 2.45) is 5.92 Å². The summed E-state index contributed by atoms with van der Waals surface area (Å²) in [6, 6.07) is 9.71. The van der Waals surface area contributed by atoms with E-state index in [0.29, 0.717) is 22.6 Å². The Morgan fingerprint density at radius 3 is 2.57 bits per heavy atom. The molecular formula is C27H35ClN4O3. The fraction of sp³-hybridized carbons (Fsp3) is 0.519. The van der Waals surface area contributed by atoms with Gasteiger partial charge < -0.3 is 14.8 Å². The van der Waals surface area contributed by atoms with Gasteiger partial charge in [-0.3, -0.25) is 0 Å². The maximum absolute atomic E-state index is 12.5. The molecule has 1 unspecified atom stereocenters. The maximum Gasteiger partial charge on any atom is 0.408 e. The molecule has 2 aromatic heterocycles. The van der Waals surface area contributed by atoms with Crippen LogP contribution in [0.5, 0.6) is 5.75 Å². The number of nitrogens with one attached hydrogen (secondary N) is 1. The van der Waals surface area contributed by atoms with Gasteiger partial charge in [-0.15, -0.1) is 0 Å². The Balaban J connectivity index is 1.51. The van der Waals surface area contributed by atoms with Gasteiger partial charge in [0.2, 0.25) is 0 Å².